The van der Waals surface area contributed by atoms with Crippen LogP contribution in [-0.4, -0.2) is 22.3 Å². The lowest BCUT2D eigenvalue weighted by atomic mass is 10.0. The third kappa shape index (κ3) is 7.74. The van der Waals surface area contributed by atoms with E-state index in [1.807, 2.05) is 11.3 Å². The summed E-state index contributed by atoms with van der Waals surface area (Å²) in [6.07, 6.45) is 4.67. The fraction of sp³-hybridized carbons (Fsp3) is 0.0476. The highest BCUT2D eigenvalue weighted by molar-refractivity contribution is 7.25. The molecule has 11 rings (SSSR count). The smallest absolute Gasteiger partial charge is 0.180 e. The van der Waals surface area contributed by atoms with E-state index in [1.165, 1.54) is 57.6 Å². The molecule has 334 valence electrons. The van der Waals surface area contributed by atoms with Crippen LogP contribution in [0, 0.1) is 0 Å². The Morgan fingerprint density at radius 1 is 0.493 bits per heavy atom. The van der Waals surface area contributed by atoms with Gasteiger partial charge in [-0.2, -0.15) is 0 Å². The van der Waals surface area contributed by atoms with Crippen LogP contribution < -0.4 is 34.8 Å². The van der Waals surface area contributed by atoms with Gasteiger partial charge in [0.2, 0.25) is 0 Å². The molecule has 1 aromatic heterocycles. The second-order valence-corrected chi connectivity index (χ2v) is 22.0. The predicted molar refractivity (Wildman–Crippen MR) is 296 cm³/mol. The van der Waals surface area contributed by atoms with Crippen LogP contribution in [0.2, 0.25) is 0 Å². The summed E-state index contributed by atoms with van der Waals surface area (Å²) in [7, 11) is 0.425. The summed E-state index contributed by atoms with van der Waals surface area (Å²) in [5.41, 5.74) is 10.9. The molecule has 0 unspecified atom stereocenters. The van der Waals surface area contributed by atoms with Crippen molar-refractivity contribution >= 4 is 89.2 Å². The summed E-state index contributed by atoms with van der Waals surface area (Å²) in [6, 6.07) is 80.9. The summed E-state index contributed by atoms with van der Waals surface area (Å²) in [5.74, 6) is 1.65. The van der Waals surface area contributed by atoms with Crippen molar-refractivity contribution in [2.75, 3.05) is 24.0 Å². The molecule has 9 aromatic carbocycles. The number of hydrogen-bond donors (Lipinski definition) is 0. The van der Waals surface area contributed by atoms with Crippen LogP contribution in [0.5, 0.6) is 11.5 Å². The zero-order valence-electron chi connectivity index (χ0n) is 38.8. The number of thiophene rings is 1. The maximum atomic E-state index is 5.76. The molecule has 2 heterocycles. The quantitative estimate of drug-likeness (QED) is 0.114. The lowest BCUT2D eigenvalue weighted by molar-refractivity contribution is 0.415. The molecule has 6 heteroatoms. The molecule has 0 atom stereocenters. The highest BCUT2D eigenvalue weighted by atomic mass is 32.1. The maximum absolute atomic E-state index is 5.76. The van der Waals surface area contributed by atoms with Gasteiger partial charge in [0, 0.05) is 54.3 Å². The average Bonchev–Trinajstić information content (AvgIpc) is 3.92. The first-order valence-electron chi connectivity index (χ1n) is 23.3. The van der Waals surface area contributed by atoms with Crippen LogP contribution in [0.25, 0.3) is 36.9 Å². The van der Waals surface area contributed by atoms with E-state index < -0.39 is 8.07 Å². The van der Waals surface area contributed by atoms with Gasteiger partial charge in [-0.05, 0) is 159 Å². The Morgan fingerprint density at radius 2 is 0.986 bits per heavy atom. The summed E-state index contributed by atoms with van der Waals surface area (Å²) < 4.78 is 14.1. The molecule has 10 aromatic rings. The zero-order chi connectivity index (χ0) is 46.9. The number of nitrogens with zero attached hydrogens (tertiary/aromatic N) is 2. The number of fused-ring (bicyclic) bond motifs is 4. The van der Waals surface area contributed by atoms with Gasteiger partial charge < -0.3 is 19.3 Å². The molecular formula is C63H50N2O2SSi. The summed E-state index contributed by atoms with van der Waals surface area (Å²) >= 11 is 1.85. The Hall–Kier alpha value is -8.16. The predicted octanol–water partition coefficient (Wildman–Crippen LogP) is 14.9. The maximum Gasteiger partial charge on any atom is 0.180 e. The van der Waals surface area contributed by atoms with Crippen molar-refractivity contribution in [3.05, 3.63) is 260 Å². The first-order chi connectivity index (χ1) is 34.0. The normalized spacial score (nSPS) is 14.0. The number of methoxy groups -OCH3 is 2. The highest BCUT2D eigenvalue weighted by Gasteiger charge is 2.51. The minimum Gasteiger partial charge on any atom is -0.497 e. The molecule has 1 aliphatic rings. The van der Waals surface area contributed by atoms with E-state index in [2.05, 4.69) is 253 Å². The van der Waals surface area contributed by atoms with Gasteiger partial charge in [-0.1, -0.05) is 134 Å². The van der Waals surface area contributed by atoms with Gasteiger partial charge in [-0.3, -0.25) is 0 Å². The fourth-order valence-electron chi connectivity index (χ4n) is 10.3. The van der Waals surface area contributed by atoms with E-state index in [0.717, 1.165) is 51.2 Å². The van der Waals surface area contributed by atoms with Crippen molar-refractivity contribution in [1.29, 1.82) is 0 Å². The molecule has 0 amide bonds. The van der Waals surface area contributed by atoms with Gasteiger partial charge >= 0.3 is 0 Å². The van der Waals surface area contributed by atoms with Gasteiger partial charge in [-0.25, -0.2) is 0 Å². The Bertz CT molecular complexity index is 3450. The molecule has 0 aliphatic carbocycles. The van der Waals surface area contributed by atoms with E-state index >= 15 is 0 Å². The van der Waals surface area contributed by atoms with Crippen molar-refractivity contribution in [1.82, 2.24) is 0 Å². The topological polar surface area (TPSA) is 24.9 Å². The fourth-order valence-corrected chi connectivity index (χ4v) is 16.6. The highest BCUT2D eigenvalue weighted by Crippen LogP contribution is 2.46. The number of hydrogen-bond acceptors (Lipinski definition) is 5. The van der Waals surface area contributed by atoms with Crippen molar-refractivity contribution in [2.45, 2.75) is 6.92 Å². The summed E-state index contributed by atoms with van der Waals surface area (Å²) in [4.78, 5) is 4.67. The molecule has 0 N–H and O–H groups in total. The molecule has 0 radical (unpaired) electrons. The minimum absolute atomic E-state index is 0.823. The van der Waals surface area contributed by atoms with Crippen LogP contribution >= 0.6 is 11.3 Å². The molecule has 0 bridgehead atoms. The Labute approximate surface area is 409 Å². The first kappa shape index (κ1) is 43.4. The van der Waals surface area contributed by atoms with Crippen LogP contribution in [0.4, 0.5) is 28.4 Å². The third-order valence-corrected chi connectivity index (χ3v) is 19.6. The van der Waals surface area contributed by atoms with Gasteiger partial charge in [-0.15, -0.1) is 11.3 Å². The average molecular weight is 927 g/mol. The van der Waals surface area contributed by atoms with Crippen molar-refractivity contribution in [2.24, 2.45) is 0 Å². The number of ether oxygens (including phenoxy) is 2. The molecule has 0 saturated carbocycles. The Morgan fingerprint density at radius 3 is 1.54 bits per heavy atom. The van der Waals surface area contributed by atoms with Crippen LogP contribution in [0.3, 0.4) is 0 Å². The van der Waals surface area contributed by atoms with E-state index in [0.29, 0.717) is 0 Å². The van der Waals surface area contributed by atoms with Crippen molar-refractivity contribution in [3.63, 3.8) is 0 Å². The van der Waals surface area contributed by atoms with Gasteiger partial charge in [0.15, 0.2) is 8.07 Å². The molecule has 69 heavy (non-hydrogen) atoms. The van der Waals surface area contributed by atoms with Crippen molar-refractivity contribution < 1.29 is 9.47 Å². The van der Waals surface area contributed by atoms with E-state index in [4.69, 9.17) is 16.1 Å². The SMILES string of the molecule is C=C(/C=C1\C(=C/C)[Si](c2ccc(OC)cc2)(c2ccc(OC)cc2)c2ccc(N(c3ccccc3)c3ccc4sc5ccc(-c6ccccc6)cc5c4c3)cc21)N(c1ccccc1)c1ccccc1. The standard InChI is InChI=1S/C63H50N2O2SSi/c1-5-62-58(40-44(2)64(47-20-12-7-13-21-47)48-22-14-8-15-23-48)59-43-51(28-39-63(59)69(62,54-33-29-52(66-3)30-34-54)55-35-31-53(67-4)32-36-55)65(49-24-16-9-17-25-49)50-27-38-61-57(42-50)56-41-46(26-37-60(56)68-61)45-18-10-6-11-19-45/h5-43H,2H2,1,3-4H3/b58-40-,62-5+. The number of rotatable bonds is 12. The van der Waals surface area contributed by atoms with Crippen LogP contribution in [0.15, 0.2) is 254 Å². The number of allylic oxidation sites excluding steroid dienone is 4. The Kier molecular flexibility index (Phi) is 11.6. The van der Waals surface area contributed by atoms with Crippen LogP contribution in [-0.2, 0) is 0 Å². The molecule has 0 spiro atoms. The molecule has 0 saturated heterocycles. The van der Waals surface area contributed by atoms with Crippen molar-refractivity contribution in [3.8, 4) is 22.6 Å². The minimum atomic E-state index is -3.03. The second kappa shape index (κ2) is 18.5. The van der Waals surface area contributed by atoms with Gasteiger partial charge in [0.05, 0.1) is 14.2 Å². The third-order valence-electron chi connectivity index (χ3n) is 13.4. The summed E-state index contributed by atoms with van der Waals surface area (Å²) in [5, 5.41) is 7.62. The van der Waals surface area contributed by atoms with E-state index in [9.17, 15) is 0 Å². The Balaban J connectivity index is 1.16. The monoisotopic (exact) mass is 926 g/mol. The summed E-state index contributed by atoms with van der Waals surface area (Å²) in [6.45, 7) is 7.07. The van der Waals surface area contributed by atoms with Crippen LogP contribution in [0.1, 0.15) is 12.5 Å². The number of benzene rings is 9. The molecular weight excluding hydrogens is 877 g/mol. The van der Waals surface area contributed by atoms with E-state index in [1.54, 1.807) is 14.2 Å². The molecule has 0 fully saturated rings. The van der Waals surface area contributed by atoms with Gasteiger partial charge in [0.25, 0.3) is 0 Å². The largest absolute Gasteiger partial charge is 0.497 e. The molecule has 4 nitrogen and oxygen atoms in total. The number of anilines is 5. The lowest BCUT2D eigenvalue weighted by Crippen LogP contribution is -2.66. The van der Waals surface area contributed by atoms with Gasteiger partial charge in [0.1, 0.15) is 11.5 Å². The first-order valence-corrected chi connectivity index (χ1v) is 26.1. The van der Waals surface area contributed by atoms with E-state index in [-0.39, 0.29) is 0 Å². The second-order valence-electron chi connectivity index (χ2n) is 17.2. The molecule has 1 aliphatic heterocycles. The zero-order valence-corrected chi connectivity index (χ0v) is 40.7. The lowest BCUT2D eigenvalue weighted by Gasteiger charge is -2.32. The number of para-hydroxylation sites is 3.